The Hall–Kier alpha value is -1.65. The molecule has 3 nitrogen and oxygen atoms in total. The van der Waals surface area contributed by atoms with Crippen molar-refractivity contribution in [2.75, 3.05) is 0 Å². The van der Waals surface area contributed by atoms with Crippen LogP contribution in [0, 0.1) is 6.92 Å². The molecule has 0 amide bonds. The first-order valence-corrected chi connectivity index (χ1v) is 8.30. The molecule has 1 aromatic carbocycles. The van der Waals surface area contributed by atoms with E-state index in [9.17, 15) is 0 Å². The monoisotopic (exact) mass is 299 g/mol. The molecule has 0 aliphatic heterocycles. The van der Waals surface area contributed by atoms with E-state index in [1.165, 1.54) is 16.5 Å². The van der Waals surface area contributed by atoms with Crippen molar-refractivity contribution in [2.24, 2.45) is 0 Å². The van der Waals surface area contributed by atoms with Gasteiger partial charge in [-0.1, -0.05) is 18.2 Å². The third kappa shape index (κ3) is 3.52. The summed E-state index contributed by atoms with van der Waals surface area (Å²) in [5.41, 5.74) is 3.78. The summed E-state index contributed by atoms with van der Waals surface area (Å²) in [5.74, 6) is 0. The number of thiazole rings is 1. The molecular weight excluding hydrogens is 278 g/mol. The van der Waals surface area contributed by atoms with Crippen molar-refractivity contribution in [3.8, 4) is 0 Å². The number of aromatic nitrogens is 2. The summed E-state index contributed by atoms with van der Waals surface area (Å²) in [6.45, 7) is 5.15. The molecule has 0 saturated heterocycles. The average Bonchev–Trinajstić information content (AvgIpc) is 3.09. The third-order valence-electron chi connectivity index (χ3n) is 3.82. The number of hydrogen-bond acceptors (Lipinski definition) is 3. The lowest BCUT2D eigenvalue weighted by atomic mass is 10.1. The quantitative estimate of drug-likeness (QED) is 0.721. The SMILES string of the molecule is Cc1nc(CNC(C)CCc2c[nH]c3ccccc23)cs1. The molecule has 2 heterocycles. The Bertz CT molecular complexity index is 713. The molecule has 110 valence electrons. The Kier molecular flexibility index (Phi) is 4.36. The number of fused-ring (bicyclic) bond motifs is 1. The Morgan fingerprint density at radius 1 is 1.33 bits per heavy atom. The molecule has 3 rings (SSSR count). The summed E-state index contributed by atoms with van der Waals surface area (Å²) in [6.07, 6.45) is 4.36. The van der Waals surface area contributed by atoms with Crippen molar-refractivity contribution in [1.29, 1.82) is 0 Å². The Morgan fingerprint density at radius 2 is 2.19 bits per heavy atom. The normalized spacial score (nSPS) is 12.9. The van der Waals surface area contributed by atoms with Gasteiger partial charge in [0.1, 0.15) is 0 Å². The minimum Gasteiger partial charge on any atom is -0.361 e. The molecule has 0 radical (unpaired) electrons. The third-order valence-corrected chi connectivity index (χ3v) is 4.64. The highest BCUT2D eigenvalue weighted by Crippen LogP contribution is 2.19. The number of benzene rings is 1. The van der Waals surface area contributed by atoms with Gasteiger partial charge in [0, 0.05) is 35.1 Å². The van der Waals surface area contributed by atoms with Gasteiger partial charge >= 0.3 is 0 Å². The van der Waals surface area contributed by atoms with E-state index in [2.05, 4.69) is 65.0 Å². The van der Waals surface area contributed by atoms with E-state index >= 15 is 0 Å². The molecule has 0 spiro atoms. The molecule has 4 heteroatoms. The number of aryl methyl sites for hydroxylation is 2. The highest BCUT2D eigenvalue weighted by Gasteiger charge is 2.07. The minimum absolute atomic E-state index is 0.487. The van der Waals surface area contributed by atoms with Crippen molar-refractivity contribution in [3.63, 3.8) is 0 Å². The van der Waals surface area contributed by atoms with E-state index < -0.39 is 0 Å². The molecular formula is C17H21N3S. The van der Waals surface area contributed by atoms with Gasteiger partial charge in [-0.15, -0.1) is 11.3 Å². The first-order valence-electron chi connectivity index (χ1n) is 7.42. The molecule has 2 N–H and O–H groups in total. The van der Waals surface area contributed by atoms with E-state index in [0.717, 1.165) is 30.1 Å². The number of rotatable bonds is 6. The number of para-hydroxylation sites is 1. The molecule has 3 aromatic rings. The topological polar surface area (TPSA) is 40.7 Å². The number of nitrogens with zero attached hydrogens (tertiary/aromatic N) is 1. The molecule has 1 atom stereocenters. The first-order chi connectivity index (χ1) is 10.2. The smallest absolute Gasteiger partial charge is 0.0897 e. The van der Waals surface area contributed by atoms with Crippen molar-refractivity contribution < 1.29 is 0 Å². The zero-order chi connectivity index (χ0) is 14.7. The van der Waals surface area contributed by atoms with Crippen molar-refractivity contribution in [2.45, 2.75) is 39.3 Å². The number of H-pyrrole nitrogens is 1. The van der Waals surface area contributed by atoms with Gasteiger partial charge in [0.15, 0.2) is 0 Å². The van der Waals surface area contributed by atoms with Crippen LogP contribution in [-0.4, -0.2) is 16.0 Å². The number of aromatic amines is 1. The summed E-state index contributed by atoms with van der Waals surface area (Å²) in [6, 6.07) is 8.98. The average molecular weight is 299 g/mol. The largest absolute Gasteiger partial charge is 0.361 e. The first kappa shape index (κ1) is 14.3. The maximum Gasteiger partial charge on any atom is 0.0897 e. The summed E-state index contributed by atoms with van der Waals surface area (Å²) in [7, 11) is 0. The molecule has 1 unspecified atom stereocenters. The molecule has 2 aromatic heterocycles. The van der Waals surface area contributed by atoms with Crippen LogP contribution in [0.15, 0.2) is 35.8 Å². The summed E-state index contributed by atoms with van der Waals surface area (Å²) in [5, 5.41) is 8.17. The van der Waals surface area contributed by atoms with Gasteiger partial charge in [-0.25, -0.2) is 4.98 Å². The molecule has 0 saturated carbocycles. The van der Waals surface area contributed by atoms with Gasteiger partial charge in [0.2, 0.25) is 0 Å². The highest BCUT2D eigenvalue weighted by molar-refractivity contribution is 7.09. The fourth-order valence-electron chi connectivity index (χ4n) is 2.58. The van der Waals surface area contributed by atoms with E-state index in [0.29, 0.717) is 6.04 Å². The van der Waals surface area contributed by atoms with Gasteiger partial charge in [0.05, 0.1) is 10.7 Å². The van der Waals surface area contributed by atoms with Crippen LogP contribution in [0.2, 0.25) is 0 Å². The zero-order valence-electron chi connectivity index (χ0n) is 12.5. The van der Waals surface area contributed by atoms with Gasteiger partial charge in [-0.3, -0.25) is 0 Å². The highest BCUT2D eigenvalue weighted by atomic mass is 32.1. The second-order valence-electron chi connectivity index (χ2n) is 5.54. The Balaban J connectivity index is 1.52. The Labute approximate surface area is 129 Å². The van der Waals surface area contributed by atoms with Crippen LogP contribution in [0.5, 0.6) is 0 Å². The zero-order valence-corrected chi connectivity index (χ0v) is 13.3. The van der Waals surface area contributed by atoms with E-state index in [1.54, 1.807) is 11.3 Å². The van der Waals surface area contributed by atoms with Crippen LogP contribution in [0.25, 0.3) is 10.9 Å². The van der Waals surface area contributed by atoms with Gasteiger partial charge in [-0.05, 0) is 38.3 Å². The second-order valence-corrected chi connectivity index (χ2v) is 6.60. The van der Waals surface area contributed by atoms with Crippen LogP contribution in [0.1, 0.15) is 29.6 Å². The van der Waals surface area contributed by atoms with Crippen LogP contribution in [-0.2, 0) is 13.0 Å². The second kappa shape index (κ2) is 6.41. The van der Waals surface area contributed by atoms with Crippen LogP contribution < -0.4 is 5.32 Å². The Morgan fingerprint density at radius 3 is 3.00 bits per heavy atom. The standard InChI is InChI=1S/C17H21N3S/c1-12(18-10-15-11-21-13(2)20-15)7-8-14-9-19-17-6-4-3-5-16(14)17/h3-6,9,11-12,18-19H,7-8,10H2,1-2H3. The molecule has 21 heavy (non-hydrogen) atoms. The molecule has 0 fully saturated rings. The van der Waals surface area contributed by atoms with Crippen molar-refractivity contribution in [1.82, 2.24) is 15.3 Å². The lowest BCUT2D eigenvalue weighted by Gasteiger charge is -2.12. The lowest BCUT2D eigenvalue weighted by molar-refractivity contribution is 0.511. The van der Waals surface area contributed by atoms with E-state index in [1.807, 2.05) is 0 Å². The fourth-order valence-corrected chi connectivity index (χ4v) is 3.19. The van der Waals surface area contributed by atoms with Crippen molar-refractivity contribution in [3.05, 3.63) is 52.1 Å². The fraction of sp³-hybridized carbons (Fsp3) is 0.353. The molecule has 0 aliphatic rings. The van der Waals surface area contributed by atoms with Crippen LogP contribution >= 0.6 is 11.3 Å². The van der Waals surface area contributed by atoms with Gasteiger partial charge < -0.3 is 10.3 Å². The minimum atomic E-state index is 0.487. The maximum atomic E-state index is 4.48. The van der Waals surface area contributed by atoms with Crippen molar-refractivity contribution >= 4 is 22.2 Å². The maximum absolute atomic E-state index is 4.48. The van der Waals surface area contributed by atoms with Gasteiger partial charge in [0.25, 0.3) is 0 Å². The van der Waals surface area contributed by atoms with Crippen LogP contribution in [0.3, 0.4) is 0 Å². The van der Waals surface area contributed by atoms with Gasteiger partial charge in [-0.2, -0.15) is 0 Å². The predicted molar refractivity (Wildman–Crippen MR) is 89.8 cm³/mol. The number of hydrogen-bond donors (Lipinski definition) is 2. The predicted octanol–water partition coefficient (Wildman–Crippen LogP) is 4.04. The summed E-state index contributed by atoms with van der Waals surface area (Å²) < 4.78 is 0. The van der Waals surface area contributed by atoms with E-state index in [-0.39, 0.29) is 0 Å². The number of nitrogens with one attached hydrogen (secondary N) is 2. The molecule has 0 bridgehead atoms. The lowest BCUT2D eigenvalue weighted by Crippen LogP contribution is -2.26. The van der Waals surface area contributed by atoms with Crippen LogP contribution in [0.4, 0.5) is 0 Å². The summed E-state index contributed by atoms with van der Waals surface area (Å²) >= 11 is 1.71. The summed E-state index contributed by atoms with van der Waals surface area (Å²) in [4.78, 5) is 7.83. The van der Waals surface area contributed by atoms with E-state index in [4.69, 9.17) is 0 Å². The molecule has 0 aliphatic carbocycles.